The molecule has 0 saturated heterocycles. The van der Waals surface area contributed by atoms with E-state index in [1.165, 1.54) is 6.42 Å². The fraction of sp³-hybridized carbons (Fsp3) is 0.429. The molecule has 1 aromatic carbocycles. The Morgan fingerprint density at radius 1 is 1.24 bits per heavy atom. The van der Waals surface area contributed by atoms with Crippen LogP contribution in [0.5, 0.6) is 0 Å². The van der Waals surface area contributed by atoms with Crippen molar-refractivity contribution in [2.24, 2.45) is 5.92 Å². The lowest BCUT2D eigenvalue weighted by Crippen LogP contribution is -2.23. The minimum atomic E-state index is -0.773. The topological polar surface area (TPSA) is 12.0 Å². The van der Waals surface area contributed by atoms with Gasteiger partial charge in [-0.1, -0.05) is 24.3 Å². The molecule has 0 heterocycles. The molecule has 0 radical (unpaired) electrons. The highest BCUT2D eigenvalue weighted by molar-refractivity contribution is 5.18. The molecule has 0 saturated carbocycles. The Balaban J connectivity index is 1.81. The van der Waals surface area contributed by atoms with E-state index in [0.29, 0.717) is 18.0 Å². The van der Waals surface area contributed by atoms with E-state index in [2.05, 4.69) is 17.5 Å². The fourth-order valence-corrected chi connectivity index (χ4v) is 2.14. The maximum absolute atomic E-state index is 13.3. The summed E-state index contributed by atoms with van der Waals surface area (Å²) < 4.78 is 26.3. The summed E-state index contributed by atoms with van der Waals surface area (Å²) in [6.45, 7) is 1.25. The molecule has 92 valence electrons. The Morgan fingerprint density at radius 2 is 2.12 bits per heavy atom. The van der Waals surface area contributed by atoms with Crippen molar-refractivity contribution < 1.29 is 8.78 Å². The molecule has 1 atom stereocenters. The second-order valence-electron chi connectivity index (χ2n) is 4.49. The van der Waals surface area contributed by atoms with Gasteiger partial charge >= 0.3 is 0 Å². The van der Waals surface area contributed by atoms with Gasteiger partial charge in [0.05, 0.1) is 0 Å². The van der Waals surface area contributed by atoms with Crippen LogP contribution >= 0.6 is 0 Å². The largest absolute Gasteiger partial charge is 0.312 e. The van der Waals surface area contributed by atoms with E-state index in [1.54, 1.807) is 12.1 Å². The van der Waals surface area contributed by atoms with Gasteiger partial charge < -0.3 is 5.32 Å². The summed E-state index contributed by atoms with van der Waals surface area (Å²) in [6, 6.07) is 4.30. The zero-order chi connectivity index (χ0) is 12.1. The molecule has 0 aliphatic heterocycles. The molecule has 0 aromatic heterocycles. The third-order valence-corrected chi connectivity index (χ3v) is 3.16. The molecule has 3 heteroatoms. The lowest BCUT2D eigenvalue weighted by Gasteiger charge is -2.18. The highest BCUT2D eigenvalue weighted by Gasteiger charge is 2.10. The zero-order valence-corrected chi connectivity index (χ0v) is 9.76. The van der Waals surface area contributed by atoms with E-state index in [0.717, 1.165) is 25.5 Å². The van der Waals surface area contributed by atoms with Gasteiger partial charge in [0.1, 0.15) is 0 Å². The number of halogens is 2. The number of rotatable bonds is 4. The summed E-state index contributed by atoms with van der Waals surface area (Å²) in [7, 11) is 0. The van der Waals surface area contributed by atoms with Gasteiger partial charge in [-0.3, -0.25) is 0 Å². The van der Waals surface area contributed by atoms with Gasteiger partial charge in [-0.25, -0.2) is 8.78 Å². The van der Waals surface area contributed by atoms with Gasteiger partial charge in [-0.2, -0.15) is 0 Å². The van der Waals surface area contributed by atoms with Crippen molar-refractivity contribution in [3.05, 3.63) is 47.5 Å². The molecule has 0 bridgehead atoms. The summed E-state index contributed by atoms with van der Waals surface area (Å²) in [5.41, 5.74) is 0.399. The standard InChI is InChI=1S/C14H17F2N/c15-13-8-4-7-12(14(13)16)10-17-9-11-5-2-1-3-6-11/h1-2,4,7-8,11,17H,3,5-6,9-10H2. The first kappa shape index (κ1) is 12.2. The molecule has 1 aromatic rings. The monoisotopic (exact) mass is 237 g/mol. The normalized spacial score (nSPS) is 19.5. The Kier molecular flexibility index (Phi) is 4.26. The highest BCUT2D eigenvalue weighted by Crippen LogP contribution is 2.17. The summed E-state index contributed by atoms with van der Waals surface area (Å²) >= 11 is 0. The van der Waals surface area contributed by atoms with E-state index >= 15 is 0 Å². The van der Waals surface area contributed by atoms with Gasteiger partial charge in [0.15, 0.2) is 11.6 Å². The SMILES string of the molecule is Fc1cccc(CNCC2CC=CCC2)c1F. The summed E-state index contributed by atoms with van der Waals surface area (Å²) in [6.07, 6.45) is 7.77. The van der Waals surface area contributed by atoms with Crippen molar-refractivity contribution in [1.82, 2.24) is 5.32 Å². The molecule has 1 unspecified atom stereocenters. The predicted molar refractivity (Wildman–Crippen MR) is 64.5 cm³/mol. The average Bonchev–Trinajstić information content (AvgIpc) is 2.36. The quantitative estimate of drug-likeness (QED) is 0.791. The number of allylic oxidation sites excluding steroid dienone is 2. The Hall–Kier alpha value is -1.22. The van der Waals surface area contributed by atoms with Crippen LogP contribution in [-0.4, -0.2) is 6.54 Å². The van der Waals surface area contributed by atoms with Crippen molar-refractivity contribution in [3.8, 4) is 0 Å². The van der Waals surface area contributed by atoms with Crippen LogP contribution in [0.4, 0.5) is 8.78 Å². The van der Waals surface area contributed by atoms with Crippen LogP contribution in [-0.2, 0) is 6.54 Å². The van der Waals surface area contributed by atoms with Gasteiger partial charge in [0.2, 0.25) is 0 Å². The van der Waals surface area contributed by atoms with Crippen LogP contribution in [0.2, 0.25) is 0 Å². The van der Waals surface area contributed by atoms with Gasteiger partial charge in [0, 0.05) is 12.1 Å². The third-order valence-electron chi connectivity index (χ3n) is 3.16. The second-order valence-corrected chi connectivity index (χ2v) is 4.49. The molecule has 1 N–H and O–H groups in total. The van der Waals surface area contributed by atoms with Crippen molar-refractivity contribution in [3.63, 3.8) is 0 Å². The molecule has 0 fully saturated rings. The van der Waals surface area contributed by atoms with Crippen LogP contribution < -0.4 is 5.32 Å². The van der Waals surface area contributed by atoms with Crippen molar-refractivity contribution >= 4 is 0 Å². The second kappa shape index (κ2) is 5.92. The molecule has 1 aliphatic carbocycles. The number of benzene rings is 1. The lowest BCUT2D eigenvalue weighted by atomic mass is 9.94. The lowest BCUT2D eigenvalue weighted by molar-refractivity contribution is 0.433. The Labute approximate surface area is 101 Å². The van der Waals surface area contributed by atoms with E-state index in [9.17, 15) is 8.78 Å². The maximum atomic E-state index is 13.3. The van der Waals surface area contributed by atoms with E-state index < -0.39 is 11.6 Å². The predicted octanol–water partition coefficient (Wildman–Crippen LogP) is 3.41. The molecular formula is C14H17F2N. The fourth-order valence-electron chi connectivity index (χ4n) is 2.14. The van der Waals surface area contributed by atoms with Gasteiger partial charge in [0.25, 0.3) is 0 Å². The smallest absolute Gasteiger partial charge is 0.163 e. The molecule has 0 spiro atoms. The molecular weight excluding hydrogens is 220 g/mol. The summed E-state index contributed by atoms with van der Waals surface area (Å²) in [5.74, 6) is -0.884. The number of nitrogens with one attached hydrogen (secondary N) is 1. The van der Waals surface area contributed by atoms with Crippen LogP contribution in [0.25, 0.3) is 0 Å². The minimum absolute atomic E-state index is 0.393. The van der Waals surface area contributed by atoms with Gasteiger partial charge in [-0.15, -0.1) is 0 Å². The molecule has 17 heavy (non-hydrogen) atoms. The Morgan fingerprint density at radius 3 is 2.88 bits per heavy atom. The Bertz CT molecular complexity index is 401. The summed E-state index contributed by atoms with van der Waals surface area (Å²) in [4.78, 5) is 0. The first-order chi connectivity index (χ1) is 8.27. The van der Waals surface area contributed by atoms with E-state index in [4.69, 9.17) is 0 Å². The maximum Gasteiger partial charge on any atom is 0.163 e. The van der Waals surface area contributed by atoms with E-state index in [1.807, 2.05) is 0 Å². The van der Waals surface area contributed by atoms with Crippen molar-refractivity contribution in [1.29, 1.82) is 0 Å². The van der Waals surface area contributed by atoms with E-state index in [-0.39, 0.29) is 0 Å². The molecule has 0 amide bonds. The third kappa shape index (κ3) is 3.37. The van der Waals surface area contributed by atoms with Crippen LogP contribution in [0.1, 0.15) is 24.8 Å². The minimum Gasteiger partial charge on any atom is -0.312 e. The first-order valence-electron chi connectivity index (χ1n) is 6.06. The number of hydrogen-bond donors (Lipinski definition) is 1. The van der Waals surface area contributed by atoms with Crippen molar-refractivity contribution in [2.45, 2.75) is 25.8 Å². The first-order valence-corrected chi connectivity index (χ1v) is 6.06. The molecule has 2 rings (SSSR count). The molecule has 1 nitrogen and oxygen atoms in total. The molecule has 1 aliphatic rings. The number of hydrogen-bond acceptors (Lipinski definition) is 1. The average molecular weight is 237 g/mol. The highest BCUT2D eigenvalue weighted by atomic mass is 19.2. The van der Waals surface area contributed by atoms with Crippen LogP contribution in [0.3, 0.4) is 0 Å². The van der Waals surface area contributed by atoms with Gasteiger partial charge in [-0.05, 0) is 37.8 Å². The zero-order valence-electron chi connectivity index (χ0n) is 9.76. The summed E-state index contributed by atoms with van der Waals surface area (Å²) in [5, 5.41) is 3.20. The van der Waals surface area contributed by atoms with Crippen LogP contribution in [0, 0.1) is 17.6 Å². The van der Waals surface area contributed by atoms with Crippen LogP contribution in [0.15, 0.2) is 30.4 Å². The van der Waals surface area contributed by atoms with Crippen molar-refractivity contribution in [2.75, 3.05) is 6.54 Å².